The lowest BCUT2D eigenvalue weighted by atomic mass is 9.94. The molecule has 22 heavy (non-hydrogen) atoms. The van der Waals surface area contributed by atoms with Crippen molar-refractivity contribution < 1.29 is 9.53 Å². The third kappa shape index (κ3) is 4.50. The summed E-state index contributed by atoms with van der Waals surface area (Å²) in [5.74, 6) is 0.134. The standard InChI is InChI=1S/C16H24ClN3O2/c1-16(2,3)22-13(21)9-11-5-4-8-20(10-11)12-6-7-19-15(17)14(12)18/h6-7,11H,4-5,8-10,18H2,1-3H3/t11-/m0/s1. The fourth-order valence-electron chi connectivity index (χ4n) is 2.78. The van der Waals surface area contributed by atoms with Gasteiger partial charge in [0.2, 0.25) is 0 Å². The van der Waals surface area contributed by atoms with Crippen molar-refractivity contribution in [2.75, 3.05) is 23.7 Å². The van der Waals surface area contributed by atoms with Crippen LogP contribution in [0.25, 0.3) is 0 Å². The van der Waals surface area contributed by atoms with Crippen molar-refractivity contribution in [3.8, 4) is 0 Å². The van der Waals surface area contributed by atoms with E-state index in [0.29, 0.717) is 17.3 Å². The van der Waals surface area contributed by atoms with Crippen molar-refractivity contribution in [1.82, 2.24) is 4.98 Å². The zero-order chi connectivity index (χ0) is 16.3. The molecule has 0 spiro atoms. The van der Waals surface area contributed by atoms with Crippen LogP contribution in [0.2, 0.25) is 5.15 Å². The number of nitrogen functional groups attached to an aromatic ring is 1. The summed E-state index contributed by atoms with van der Waals surface area (Å²) in [6, 6.07) is 1.87. The summed E-state index contributed by atoms with van der Waals surface area (Å²) < 4.78 is 5.41. The van der Waals surface area contributed by atoms with Crippen molar-refractivity contribution >= 4 is 28.9 Å². The van der Waals surface area contributed by atoms with E-state index in [1.165, 1.54) is 0 Å². The molecule has 2 N–H and O–H groups in total. The Labute approximate surface area is 136 Å². The molecule has 0 amide bonds. The topological polar surface area (TPSA) is 68.5 Å². The Bertz CT molecular complexity index is 543. The van der Waals surface area contributed by atoms with Crippen LogP contribution in [0.5, 0.6) is 0 Å². The number of ether oxygens (including phenoxy) is 1. The number of anilines is 2. The summed E-state index contributed by atoms with van der Waals surface area (Å²) in [6.45, 7) is 7.35. The van der Waals surface area contributed by atoms with E-state index >= 15 is 0 Å². The molecular formula is C16H24ClN3O2. The predicted octanol–water partition coefficient (Wildman–Crippen LogP) is 3.27. The molecule has 0 radical (unpaired) electrons. The number of nitrogens with two attached hydrogens (primary N) is 1. The van der Waals surface area contributed by atoms with Crippen LogP contribution < -0.4 is 10.6 Å². The normalized spacial score (nSPS) is 19.1. The molecule has 1 atom stereocenters. The second-order valence-electron chi connectivity index (χ2n) is 6.78. The van der Waals surface area contributed by atoms with Crippen LogP contribution in [0, 0.1) is 5.92 Å². The van der Waals surface area contributed by atoms with E-state index in [0.717, 1.165) is 31.6 Å². The monoisotopic (exact) mass is 325 g/mol. The van der Waals surface area contributed by atoms with Gasteiger partial charge >= 0.3 is 5.97 Å². The number of pyridine rings is 1. The Kier molecular flexibility index (Phi) is 5.16. The summed E-state index contributed by atoms with van der Waals surface area (Å²) in [4.78, 5) is 18.2. The van der Waals surface area contributed by atoms with Gasteiger partial charge in [-0.25, -0.2) is 4.98 Å². The number of esters is 1. The highest BCUT2D eigenvalue weighted by molar-refractivity contribution is 6.32. The lowest BCUT2D eigenvalue weighted by Gasteiger charge is -2.35. The molecule has 0 bridgehead atoms. The van der Waals surface area contributed by atoms with E-state index in [4.69, 9.17) is 22.1 Å². The summed E-state index contributed by atoms with van der Waals surface area (Å²) in [5, 5.41) is 0.326. The molecule has 0 saturated carbocycles. The van der Waals surface area contributed by atoms with Crippen LogP contribution in [-0.2, 0) is 9.53 Å². The summed E-state index contributed by atoms with van der Waals surface area (Å²) >= 11 is 5.99. The maximum absolute atomic E-state index is 12.0. The van der Waals surface area contributed by atoms with Gasteiger partial charge in [-0.1, -0.05) is 11.6 Å². The Hall–Kier alpha value is -1.49. The lowest BCUT2D eigenvalue weighted by Crippen LogP contribution is -2.37. The molecule has 1 aliphatic heterocycles. The average Bonchev–Trinajstić information content (AvgIpc) is 2.40. The Balaban J connectivity index is 2.00. The van der Waals surface area contributed by atoms with Crippen LogP contribution in [0.15, 0.2) is 12.3 Å². The molecule has 2 heterocycles. The highest BCUT2D eigenvalue weighted by atomic mass is 35.5. The molecule has 122 valence electrons. The van der Waals surface area contributed by atoms with Gasteiger partial charge < -0.3 is 15.4 Å². The van der Waals surface area contributed by atoms with E-state index in [2.05, 4.69) is 9.88 Å². The first kappa shape index (κ1) is 16.9. The van der Waals surface area contributed by atoms with Gasteiger partial charge in [-0.05, 0) is 45.6 Å². The number of hydrogen-bond donors (Lipinski definition) is 1. The van der Waals surface area contributed by atoms with Crippen molar-refractivity contribution in [3.05, 3.63) is 17.4 Å². The minimum absolute atomic E-state index is 0.139. The summed E-state index contributed by atoms with van der Waals surface area (Å²) in [7, 11) is 0. The number of halogens is 1. The molecule has 1 aromatic rings. The first-order chi connectivity index (χ1) is 10.3. The molecule has 0 unspecified atom stereocenters. The van der Waals surface area contributed by atoms with Crippen molar-refractivity contribution in [2.45, 2.75) is 45.6 Å². The molecule has 1 aliphatic rings. The lowest BCUT2D eigenvalue weighted by molar-refractivity contribution is -0.156. The number of rotatable bonds is 3. The maximum Gasteiger partial charge on any atom is 0.306 e. The van der Waals surface area contributed by atoms with E-state index in [9.17, 15) is 4.79 Å². The van der Waals surface area contributed by atoms with E-state index in [1.54, 1.807) is 6.20 Å². The third-order valence-electron chi connectivity index (χ3n) is 3.65. The fourth-order valence-corrected chi connectivity index (χ4v) is 2.94. The zero-order valence-electron chi connectivity index (χ0n) is 13.4. The van der Waals surface area contributed by atoms with E-state index in [-0.39, 0.29) is 11.9 Å². The Morgan fingerprint density at radius 3 is 2.95 bits per heavy atom. The number of aromatic nitrogens is 1. The molecule has 1 fully saturated rings. The van der Waals surface area contributed by atoms with Crippen molar-refractivity contribution in [3.63, 3.8) is 0 Å². The molecule has 6 heteroatoms. The average molecular weight is 326 g/mol. The fraction of sp³-hybridized carbons (Fsp3) is 0.625. The van der Waals surface area contributed by atoms with Gasteiger partial charge in [-0.2, -0.15) is 0 Å². The predicted molar refractivity (Wildman–Crippen MR) is 89.1 cm³/mol. The van der Waals surface area contributed by atoms with Gasteiger partial charge in [0, 0.05) is 19.3 Å². The first-order valence-corrected chi connectivity index (χ1v) is 8.01. The number of hydrogen-bond acceptors (Lipinski definition) is 5. The number of carbonyl (C=O) groups excluding carboxylic acids is 1. The summed E-state index contributed by atoms with van der Waals surface area (Å²) in [6.07, 6.45) is 4.14. The van der Waals surface area contributed by atoms with Gasteiger partial charge in [0.25, 0.3) is 0 Å². The number of piperidine rings is 1. The van der Waals surface area contributed by atoms with Gasteiger partial charge in [-0.3, -0.25) is 4.79 Å². The van der Waals surface area contributed by atoms with Crippen LogP contribution >= 0.6 is 11.6 Å². The SMILES string of the molecule is CC(C)(C)OC(=O)C[C@@H]1CCCN(c2ccnc(Cl)c2N)C1. The second kappa shape index (κ2) is 6.73. The van der Waals surface area contributed by atoms with Gasteiger partial charge in [0.05, 0.1) is 17.8 Å². The third-order valence-corrected chi connectivity index (χ3v) is 3.95. The second-order valence-corrected chi connectivity index (χ2v) is 7.14. The largest absolute Gasteiger partial charge is 0.460 e. The molecule has 1 saturated heterocycles. The smallest absolute Gasteiger partial charge is 0.306 e. The Morgan fingerprint density at radius 1 is 1.55 bits per heavy atom. The van der Waals surface area contributed by atoms with Crippen LogP contribution in [0.1, 0.15) is 40.0 Å². The molecule has 1 aromatic heterocycles. The highest BCUT2D eigenvalue weighted by Crippen LogP contribution is 2.32. The molecule has 2 rings (SSSR count). The quantitative estimate of drug-likeness (QED) is 0.682. The van der Waals surface area contributed by atoms with Crippen LogP contribution in [-0.4, -0.2) is 29.6 Å². The summed E-state index contributed by atoms with van der Waals surface area (Å²) in [5.41, 5.74) is 6.98. The van der Waals surface area contributed by atoms with Gasteiger partial charge in [-0.15, -0.1) is 0 Å². The molecule has 5 nitrogen and oxygen atoms in total. The zero-order valence-corrected chi connectivity index (χ0v) is 14.2. The molecule has 0 aromatic carbocycles. The van der Waals surface area contributed by atoms with Gasteiger partial charge in [0.1, 0.15) is 5.60 Å². The van der Waals surface area contributed by atoms with Crippen molar-refractivity contribution in [1.29, 1.82) is 0 Å². The minimum atomic E-state index is -0.436. The van der Waals surface area contributed by atoms with E-state index in [1.807, 2.05) is 26.8 Å². The molecular weight excluding hydrogens is 302 g/mol. The van der Waals surface area contributed by atoms with Gasteiger partial charge in [0.15, 0.2) is 5.15 Å². The highest BCUT2D eigenvalue weighted by Gasteiger charge is 2.26. The van der Waals surface area contributed by atoms with Crippen molar-refractivity contribution in [2.24, 2.45) is 5.92 Å². The maximum atomic E-state index is 12.0. The van der Waals surface area contributed by atoms with Crippen LogP contribution in [0.3, 0.4) is 0 Å². The number of carbonyl (C=O) groups is 1. The van der Waals surface area contributed by atoms with E-state index < -0.39 is 5.60 Å². The minimum Gasteiger partial charge on any atom is -0.460 e. The van der Waals surface area contributed by atoms with Crippen LogP contribution in [0.4, 0.5) is 11.4 Å². The first-order valence-electron chi connectivity index (χ1n) is 7.63. The molecule has 0 aliphatic carbocycles. The Morgan fingerprint density at radius 2 is 2.27 bits per heavy atom. The number of nitrogens with zero attached hydrogens (tertiary/aromatic N) is 2.